The molecule has 0 spiro atoms. The Kier molecular flexibility index (Phi) is 8.02. The van der Waals surface area contributed by atoms with E-state index in [0.29, 0.717) is 19.6 Å². The van der Waals surface area contributed by atoms with Gasteiger partial charge in [0, 0.05) is 25.7 Å². The number of carbonyl (C=O) groups is 1. The van der Waals surface area contributed by atoms with Crippen molar-refractivity contribution in [3.05, 3.63) is 63.2 Å². The molecule has 1 atom stereocenters. The summed E-state index contributed by atoms with van der Waals surface area (Å²) < 4.78 is 10.3. The lowest BCUT2D eigenvalue weighted by Gasteiger charge is -2.36. The maximum Gasteiger partial charge on any atom is 0.315 e. The van der Waals surface area contributed by atoms with Gasteiger partial charge in [-0.1, -0.05) is 31.2 Å². The highest BCUT2D eigenvalue weighted by Crippen LogP contribution is 2.38. The van der Waals surface area contributed by atoms with Gasteiger partial charge in [0.2, 0.25) is 5.75 Å². The van der Waals surface area contributed by atoms with Crippen LogP contribution in [-0.2, 0) is 6.42 Å². The van der Waals surface area contributed by atoms with Crippen LogP contribution in [0.3, 0.4) is 0 Å². The van der Waals surface area contributed by atoms with Crippen molar-refractivity contribution in [2.75, 3.05) is 33.9 Å². The first kappa shape index (κ1) is 23.4. The van der Waals surface area contributed by atoms with Crippen LogP contribution in [0.25, 0.3) is 0 Å². The molecular weight excluding hydrogens is 410 g/mol. The fourth-order valence-corrected chi connectivity index (χ4v) is 3.59. The highest BCUT2D eigenvalue weighted by molar-refractivity contribution is 5.96. The van der Waals surface area contributed by atoms with Gasteiger partial charge in [-0.05, 0) is 23.6 Å². The van der Waals surface area contributed by atoms with E-state index in [4.69, 9.17) is 9.47 Å². The molecule has 2 aromatic carbocycles. The van der Waals surface area contributed by atoms with Gasteiger partial charge in [-0.3, -0.25) is 14.9 Å². The number of methoxy groups -OCH3 is 2. The van der Waals surface area contributed by atoms with E-state index in [9.17, 15) is 14.9 Å². The van der Waals surface area contributed by atoms with Crippen molar-refractivity contribution in [1.82, 2.24) is 10.2 Å². The predicted molar refractivity (Wildman–Crippen MR) is 116 cm³/mol. The Bertz CT molecular complexity index is 904. The summed E-state index contributed by atoms with van der Waals surface area (Å²) in [7, 11) is 2.72. The van der Waals surface area contributed by atoms with E-state index >= 15 is 0 Å². The first-order valence-corrected chi connectivity index (χ1v) is 9.51. The van der Waals surface area contributed by atoms with Crippen LogP contribution < -0.4 is 14.8 Å². The van der Waals surface area contributed by atoms with Crippen LogP contribution in [0.5, 0.6) is 11.5 Å². The van der Waals surface area contributed by atoms with E-state index in [-0.39, 0.29) is 47.1 Å². The highest BCUT2D eigenvalue weighted by atomic mass is 35.5. The van der Waals surface area contributed by atoms with Crippen LogP contribution in [0.4, 0.5) is 5.69 Å². The molecule has 3 rings (SSSR count). The van der Waals surface area contributed by atoms with Crippen molar-refractivity contribution in [2.45, 2.75) is 19.4 Å². The highest BCUT2D eigenvalue weighted by Gasteiger charge is 2.31. The van der Waals surface area contributed by atoms with Crippen LogP contribution in [0, 0.1) is 10.1 Å². The van der Waals surface area contributed by atoms with E-state index in [1.165, 1.54) is 31.9 Å². The number of aryl methyl sites for hydroxylation is 1. The minimum absolute atomic E-state index is 0. The number of amides is 1. The molecule has 1 fully saturated rings. The van der Waals surface area contributed by atoms with E-state index < -0.39 is 4.92 Å². The van der Waals surface area contributed by atoms with Crippen molar-refractivity contribution in [1.29, 1.82) is 0 Å². The fraction of sp³-hybridized carbons (Fsp3) is 0.381. The topological polar surface area (TPSA) is 93.9 Å². The van der Waals surface area contributed by atoms with Crippen LogP contribution in [0.2, 0.25) is 0 Å². The van der Waals surface area contributed by atoms with Gasteiger partial charge in [-0.15, -0.1) is 12.4 Å². The monoisotopic (exact) mass is 435 g/mol. The number of nitrogens with one attached hydrogen (secondary N) is 1. The smallest absolute Gasteiger partial charge is 0.315 e. The van der Waals surface area contributed by atoms with Crippen molar-refractivity contribution >= 4 is 24.0 Å². The fourth-order valence-electron chi connectivity index (χ4n) is 3.59. The lowest BCUT2D eigenvalue weighted by molar-refractivity contribution is -0.385. The molecule has 0 aliphatic carbocycles. The molecule has 162 valence electrons. The summed E-state index contributed by atoms with van der Waals surface area (Å²) in [5.74, 6) is -0.120. The van der Waals surface area contributed by atoms with Gasteiger partial charge in [-0.2, -0.15) is 0 Å². The van der Waals surface area contributed by atoms with Crippen molar-refractivity contribution in [2.24, 2.45) is 0 Å². The third-order valence-corrected chi connectivity index (χ3v) is 5.18. The average molecular weight is 436 g/mol. The Hall–Kier alpha value is -2.84. The number of nitro groups is 1. The standard InChI is InChI=1S/C21H25N3O5.ClH/c1-4-14-5-7-15(8-6-14)18-13-22-9-10-23(18)21(25)16-11-17(24(26)27)20(29-3)19(12-16)28-2;/h5-8,11-12,18,22H,4,9-10,13H2,1-3H3;1H. The Morgan fingerprint density at radius 1 is 1.23 bits per heavy atom. The van der Waals surface area contributed by atoms with Gasteiger partial charge >= 0.3 is 5.69 Å². The van der Waals surface area contributed by atoms with Gasteiger partial charge in [0.1, 0.15) is 0 Å². The second-order valence-electron chi connectivity index (χ2n) is 6.80. The SMILES string of the molecule is CCc1ccc(C2CNCCN2C(=O)c2cc(OC)c(OC)c([N+](=O)[O-])c2)cc1.Cl. The number of hydrogen-bond acceptors (Lipinski definition) is 6. The minimum atomic E-state index is -0.573. The summed E-state index contributed by atoms with van der Waals surface area (Å²) in [6.45, 7) is 3.87. The number of piperazine rings is 1. The van der Waals surface area contributed by atoms with E-state index in [1.54, 1.807) is 4.90 Å². The Morgan fingerprint density at radius 2 is 1.93 bits per heavy atom. The Morgan fingerprint density at radius 3 is 2.50 bits per heavy atom. The van der Waals surface area contributed by atoms with Crippen molar-refractivity contribution in [3.8, 4) is 11.5 Å². The zero-order valence-corrected chi connectivity index (χ0v) is 18.0. The largest absolute Gasteiger partial charge is 0.493 e. The van der Waals surface area contributed by atoms with Gasteiger partial charge in [0.05, 0.1) is 30.7 Å². The van der Waals surface area contributed by atoms with Crippen LogP contribution >= 0.6 is 12.4 Å². The van der Waals surface area contributed by atoms with Crippen molar-refractivity contribution < 1.29 is 19.2 Å². The molecule has 1 aliphatic heterocycles. The molecule has 1 amide bonds. The first-order valence-electron chi connectivity index (χ1n) is 9.51. The van der Waals surface area contributed by atoms with E-state index in [0.717, 1.165) is 12.0 Å². The third-order valence-electron chi connectivity index (χ3n) is 5.18. The molecule has 1 N–H and O–H groups in total. The molecule has 1 saturated heterocycles. The van der Waals surface area contributed by atoms with E-state index in [2.05, 4.69) is 24.4 Å². The molecule has 8 nitrogen and oxygen atoms in total. The minimum Gasteiger partial charge on any atom is -0.493 e. The molecule has 1 aliphatic rings. The van der Waals surface area contributed by atoms with Gasteiger partial charge in [0.25, 0.3) is 5.91 Å². The number of halogens is 1. The summed E-state index contributed by atoms with van der Waals surface area (Å²) in [6, 6.07) is 10.8. The molecular formula is C21H26ClN3O5. The van der Waals surface area contributed by atoms with Crippen LogP contribution in [-0.4, -0.2) is 49.6 Å². The van der Waals surface area contributed by atoms with Gasteiger partial charge in [-0.25, -0.2) is 0 Å². The number of ether oxygens (including phenoxy) is 2. The summed E-state index contributed by atoms with van der Waals surface area (Å²) >= 11 is 0. The quantitative estimate of drug-likeness (QED) is 0.552. The van der Waals surface area contributed by atoms with Crippen LogP contribution in [0.15, 0.2) is 36.4 Å². The summed E-state index contributed by atoms with van der Waals surface area (Å²) in [5.41, 5.74) is 2.16. The molecule has 0 saturated carbocycles. The summed E-state index contributed by atoms with van der Waals surface area (Å²) in [5, 5.41) is 14.8. The second-order valence-corrected chi connectivity index (χ2v) is 6.80. The van der Waals surface area contributed by atoms with Crippen LogP contribution in [0.1, 0.15) is 34.5 Å². The number of rotatable bonds is 6. The summed E-state index contributed by atoms with van der Waals surface area (Å²) in [6.07, 6.45) is 0.946. The van der Waals surface area contributed by atoms with Crippen molar-refractivity contribution in [3.63, 3.8) is 0 Å². The number of nitrogens with zero attached hydrogens (tertiary/aromatic N) is 2. The molecule has 30 heavy (non-hydrogen) atoms. The summed E-state index contributed by atoms with van der Waals surface area (Å²) in [4.78, 5) is 26.0. The lowest BCUT2D eigenvalue weighted by atomic mass is 9.99. The number of hydrogen-bond donors (Lipinski definition) is 1. The molecule has 0 radical (unpaired) electrons. The number of benzene rings is 2. The molecule has 9 heteroatoms. The number of carbonyl (C=O) groups excluding carboxylic acids is 1. The Labute approximate surface area is 181 Å². The molecule has 0 bridgehead atoms. The van der Waals surface area contributed by atoms with Gasteiger partial charge in [0.15, 0.2) is 5.75 Å². The maximum absolute atomic E-state index is 13.3. The zero-order chi connectivity index (χ0) is 21.0. The van der Waals surface area contributed by atoms with Gasteiger partial charge < -0.3 is 19.7 Å². The predicted octanol–water partition coefficient (Wildman–Crippen LogP) is 3.38. The third kappa shape index (κ3) is 4.66. The molecule has 1 unspecified atom stereocenters. The zero-order valence-electron chi connectivity index (χ0n) is 17.2. The van der Waals surface area contributed by atoms with E-state index in [1.807, 2.05) is 12.1 Å². The average Bonchev–Trinajstić information content (AvgIpc) is 2.77. The molecule has 0 aromatic heterocycles. The number of nitro benzene ring substituents is 1. The molecule has 1 heterocycles. The lowest BCUT2D eigenvalue weighted by Crippen LogP contribution is -2.48. The second kappa shape index (κ2) is 10.3. The normalized spacial score (nSPS) is 15.8. The maximum atomic E-state index is 13.3. The Balaban J connectivity index is 0.00000320. The first-order chi connectivity index (χ1) is 14.0. The molecule has 2 aromatic rings.